The average molecular weight is 447 g/mol. The van der Waals surface area contributed by atoms with Gasteiger partial charge >= 0.3 is 0 Å². The van der Waals surface area contributed by atoms with Gasteiger partial charge in [-0.15, -0.1) is 0 Å². The lowest BCUT2D eigenvalue weighted by molar-refractivity contribution is 0.0732. The van der Waals surface area contributed by atoms with Gasteiger partial charge in [0, 0.05) is 24.4 Å². The number of carbonyl (C=O) groups excluding carboxylic acids is 1. The molecule has 0 radical (unpaired) electrons. The Kier molecular flexibility index (Phi) is 6.08. The number of aromatic nitrogens is 2. The van der Waals surface area contributed by atoms with E-state index in [4.69, 9.17) is 18.5 Å². The fraction of sp³-hybridized carbons (Fsp3) is 0.320. The molecule has 0 unspecified atom stereocenters. The number of hydrogen-bond donors (Lipinski definition) is 0. The van der Waals surface area contributed by atoms with E-state index in [9.17, 15) is 4.79 Å². The predicted molar refractivity (Wildman–Crippen MR) is 120 cm³/mol. The molecule has 0 spiro atoms. The first-order valence-corrected chi connectivity index (χ1v) is 11.0. The van der Waals surface area contributed by atoms with Gasteiger partial charge in [-0.3, -0.25) is 4.79 Å². The third-order valence-corrected chi connectivity index (χ3v) is 5.95. The molecule has 8 nitrogen and oxygen atoms in total. The van der Waals surface area contributed by atoms with Gasteiger partial charge < -0.3 is 18.8 Å². The molecular weight excluding hydrogens is 422 g/mol. The van der Waals surface area contributed by atoms with Crippen molar-refractivity contribution in [2.75, 3.05) is 26.3 Å². The topological polar surface area (TPSA) is 90.8 Å². The van der Waals surface area contributed by atoms with Crippen LogP contribution in [0.25, 0.3) is 11.0 Å². The van der Waals surface area contributed by atoms with Crippen LogP contribution in [0, 0.1) is 12.8 Å². The molecule has 33 heavy (non-hydrogen) atoms. The summed E-state index contributed by atoms with van der Waals surface area (Å²) in [7, 11) is 0. The Morgan fingerprint density at radius 2 is 2.06 bits per heavy atom. The molecule has 4 aromatic rings. The van der Waals surface area contributed by atoms with Gasteiger partial charge in [0.25, 0.3) is 5.91 Å². The van der Waals surface area contributed by atoms with E-state index in [-0.39, 0.29) is 18.4 Å². The van der Waals surface area contributed by atoms with Crippen LogP contribution in [0.3, 0.4) is 0 Å². The van der Waals surface area contributed by atoms with Crippen LogP contribution in [0.5, 0.6) is 5.75 Å². The van der Waals surface area contributed by atoms with Crippen molar-refractivity contribution in [2.24, 2.45) is 5.92 Å². The molecule has 2 aromatic carbocycles. The minimum absolute atomic E-state index is 0.0716. The first kappa shape index (κ1) is 21.2. The molecule has 0 saturated carbocycles. The predicted octanol–water partition coefficient (Wildman–Crippen LogP) is 4.03. The van der Waals surface area contributed by atoms with E-state index in [0.29, 0.717) is 49.0 Å². The second-order valence-electron chi connectivity index (χ2n) is 8.23. The summed E-state index contributed by atoms with van der Waals surface area (Å²) < 4.78 is 22.0. The van der Waals surface area contributed by atoms with Gasteiger partial charge in [0.2, 0.25) is 0 Å². The maximum Gasteiger partial charge on any atom is 0.257 e. The van der Waals surface area contributed by atoms with Gasteiger partial charge in [-0.25, -0.2) is 4.63 Å². The fourth-order valence-electron chi connectivity index (χ4n) is 4.20. The fourth-order valence-corrected chi connectivity index (χ4v) is 4.20. The molecule has 5 rings (SSSR count). The molecule has 2 aromatic heterocycles. The smallest absolute Gasteiger partial charge is 0.257 e. The van der Waals surface area contributed by atoms with Crippen LogP contribution < -0.4 is 4.74 Å². The number of carbonyl (C=O) groups is 1. The molecule has 3 heterocycles. The van der Waals surface area contributed by atoms with Crippen molar-refractivity contribution in [1.82, 2.24) is 15.2 Å². The number of hydrogen-bond acceptors (Lipinski definition) is 7. The van der Waals surface area contributed by atoms with Crippen LogP contribution in [0.2, 0.25) is 0 Å². The minimum atomic E-state index is -0.0716. The van der Waals surface area contributed by atoms with Crippen LogP contribution in [0.1, 0.15) is 27.3 Å². The number of amides is 1. The lowest BCUT2D eigenvalue weighted by atomic mass is 9.97. The van der Waals surface area contributed by atoms with Crippen LogP contribution >= 0.6 is 0 Å². The zero-order valence-corrected chi connectivity index (χ0v) is 18.4. The third-order valence-electron chi connectivity index (χ3n) is 5.95. The first-order chi connectivity index (χ1) is 16.2. The summed E-state index contributed by atoms with van der Waals surface area (Å²) in [6.45, 7) is 4.23. The summed E-state index contributed by atoms with van der Waals surface area (Å²) in [4.78, 5) is 15.4. The number of fused-ring (bicyclic) bond motifs is 1. The van der Waals surface area contributed by atoms with E-state index < -0.39 is 0 Å². The van der Waals surface area contributed by atoms with E-state index in [1.807, 2.05) is 35.2 Å². The molecule has 1 fully saturated rings. The van der Waals surface area contributed by atoms with Crippen molar-refractivity contribution in [2.45, 2.75) is 20.0 Å². The molecule has 1 saturated heterocycles. The van der Waals surface area contributed by atoms with Gasteiger partial charge in [0.1, 0.15) is 29.3 Å². The molecule has 1 atom stereocenters. The summed E-state index contributed by atoms with van der Waals surface area (Å²) in [5, 5.41) is 8.72. The standard InChI is InChI=1S/C25H25N3O5/c1-17-22(27-33-26-17)16-32-24-7-3-2-6-21(24)25(29)28-10-12-30-15-18(14-28)13-19-5-4-8-23-20(19)9-11-31-23/h2-9,11,18H,10,12-16H2,1H3/t18-/m0/s1. The molecule has 0 bridgehead atoms. The monoisotopic (exact) mass is 447 g/mol. The lowest BCUT2D eigenvalue weighted by Gasteiger charge is -2.25. The van der Waals surface area contributed by atoms with Gasteiger partial charge in [0.15, 0.2) is 0 Å². The van der Waals surface area contributed by atoms with Gasteiger partial charge in [-0.05, 0) is 43.2 Å². The normalized spacial score (nSPS) is 16.6. The Labute approximate surface area is 191 Å². The second kappa shape index (κ2) is 9.46. The number of ether oxygens (including phenoxy) is 2. The summed E-state index contributed by atoms with van der Waals surface area (Å²) in [6.07, 6.45) is 2.51. The van der Waals surface area contributed by atoms with Crippen LogP contribution in [-0.2, 0) is 17.8 Å². The summed E-state index contributed by atoms with van der Waals surface area (Å²) >= 11 is 0. The molecule has 1 aliphatic heterocycles. The summed E-state index contributed by atoms with van der Waals surface area (Å²) in [5.41, 5.74) is 3.86. The Balaban J connectivity index is 1.32. The Hall–Kier alpha value is -3.65. The second-order valence-corrected chi connectivity index (χ2v) is 8.23. The molecule has 170 valence electrons. The van der Waals surface area contributed by atoms with Crippen molar-refractivity contribution in [3.8, 4) is 5.75 Å². The van der Waals surface area contributed by atoms with Crippen LogP contribution in [0.4, 0.5) is 0 Å². The van der Waals surface area contributed by atoms with Crippen molar-refractivity contribution in [3.63, 3.8) is 0 Å². The maximum absolute atomic E-state index is 13.5. The highest BCUT2D eigenvalue weighted by molar-refractivity contribution is 5.97. The van der Waals surface area contributed by atoms with E-state index >= 15 is 0 Å². The minimum Gasteiger partial charge on any atom is -0.486 e. The molecule has 0 N–H and O–H groups in total. The maximum atomic E-state index is 13.5. The third kappa shape index (κ3) is 4.61. The highest BCUT2D eigenvalue weighted by Crippen LogP contribution is 2.26. The largest absolute Gasteiger partial charge is 0.486 e. The number of para-hydroxylation sites is 1. The Bertz CT molecular complexity index is 1250. The van der Waals surface area contributed by atoms with E-state index in [1.165, 1.54) is 5.56 Å². The number of rotatable bonds is 6. The van der Waals surface area contributed by atoms with Gasteiger partial charge in [-0.1, -0.05) is 34.6 Å². The zero-order valence-electron chi connectivity index (χ0n) is 18.4. The van der Waals surface area contributed by atoms with E-state index in [0.717, 1.165) is 17.4 Å². The zero-order chi connectivity index (χ0) is 22.6. The molecule has 1 aliphatic rings. The first-order valence-electron chi connectivity index (χ1n) is 11.0. The number of furan rings is 1. The number of aryl methyl sites for hydroxylation is 1. The van der Waals surface area contributed by atoms with Crippen molar-refractivity contribution in [1.29, 1.82) is 0 Å². The number of benzene rings is 2. The molecular formula is C25H25N3O5. The highest BCUT2D eigenvalue weighted by Gasteiger charge is 2.26. The van der Waals surface area contributed by atoms with E-state index in [1.54, 1.807) is 25.3 Å². The Morgan fingerprint density at radius 3 is 2.94 bits per heavy atom. The molecule has 1 amide bonds. The van der Waals surface area contributed by atoms with Crippen molar-refractivity contribution >= 4 is 16.9 Å². The van der Waals surface area contributed by atoms with Gasteiger partial charge in [-0.2, -0.15) is 0 Å². The van der Waals surface area contributed by atoms with E-state index in [2.05, 4.69) is 16.4 Å². The quantitative estimate of drug-likeness (QED) is 0.441. The highest BCUT2D eigenvalue weighted by atomic mass is 16.6. The average Bonchev–Trinajstić information content (AvgIpc) is 3.42. The van der Waals surface area contributed by atoms with Crippen molar-refractivity contribution < 1.29 is 23.3 Å². The molecule has 8 heteroatoms. The number of nitrogens with zero attached hydrogens (tertiary/aromatic N) is 3. The van der Waals surface area contributed by atoms with Crippen LogP contribution in [-0.4, -0.2) is 47.4 Å². The van der Waals surface area contributed by atoms with Crippen molar-refractivity contribution in [3.05, 3.63) is 77.3 Å². The lowest BCUT2D eigenvalue weighted by Crippen LogP contribution is -2.36. The SMILES string of the molecule is Cc1nonc1COc1ccccc1C(=O)N1CCOC[C@@H](Cc2cccc3occc23)C1. The summed E-state index contributed by atoms with van der Waals surface area (Å²) in [5.74, 6) is 0.612. The van der Waals surface area contributed by atoms with Gasteiger partial charge in [0.05, 0.1) is 25.0 Å². The van der Waals surface area contributed by atoms with Crippen LogP contribution in [0.15, 0.2) is 63.8 Å². The summed E-state index contributed by atoms with van der Waals surface area (Å²) in [6, 6.07) is 15.3. The Morgan fingerprint density at radius 1 is 1.15 bits per heavy atom. The molecule has 0 aliphatic carbocycles.